The van der Waals surface area contributed by atoms with Gasteiger partial charge in [0, 0.05) is 6.54 Å². The molecule has 128 valence electrons. The van der Waals surface area contributed by atoms with Crippen LogP contribution in [0.3, 0.4) is 0 Å². The smallest absolute Gasteiger partial charge is 0.315 e. The molecular weight excluding hydrogens is 318 g/mol. The van der Waals surface area contributed by atoms with Gasteiger partial charge in [0.2, 0.25) is 0 Å². The molecule has 0 saturated carbocycles. The molecule has 0 spiro atoms. The summed E-state index contributed by atoms with van der Waals surface area (Å²) in [5, 5.41) is 12.1. The maximum Gasteiger partial charge on any atom is 0.315 e. The van der Waals surface area contributed by atoms with Crippen LogP contribution >= 0.6 is 0 Å². The number of nitrogens with zero attached hydrogens (tertiary/aromatic N) is 2. The van der Waals surface area contributed by atoms with Gasteiger partial charge in [0.15, 0.2) is 0 Å². The van der Waals surface area contributed by atoms with Gasteiger partial charge < -0.3 is 15.4 Å². The number of amides is 2. The Labute approximate surface area is 145 Å². The Balaban J connectivity index is 1.47. The van der Waals surface area contributed by atoms with Gasteiger partial charge >= 0.3 is 6.03 Å². The lowest BCUT2D eigenvalue weighted by molar-refractivity contribution is 0.237. The highest BCUT2D eigenvalue weighted by Crippen LogP contribution is 2.21. The number of carbonyl (C=O) groups excluding carboxylic acids is 1. The second-order valence-corrected chi connectivity index (χ2v) is 5.48. The molecule has 0 saturated heterocycles. The number of nitrogens with one attached hydrogen (secondary N) is 3. The summed E-state index contributed by atoms with van der Waals surface area (Å²) in [5.41, 5.74) is 0.975. The first kappa shape index (κ1) is 16.5. The average Bonchev–Trinajstić information content (AvgIpc) is 3.17. The predicted octanol–water partition coefficient (Wildman–Crippen LogP) is 3.16. The summed E-state index contributed by atoms with van der Waals surface area (Å²) in [4.78, 5) is 15.9. The zero-order chi connectivity index (χ0) is 17.5. The zero-order valence-corrected chi connectivity index (χ0v) is 13.8. The number of para-hydroxylation sites is 1. The van der Waals surface area contributed by atoms with Crippen LogP contribution < -0.4 is 15.4 Å². The summed E-state index contributed by atoms with van der Waals surface area (Å²) < 4.78 is 5.74. The van der Waals surface area contributed by atoms with Gasteiger partial charge in [0.25, 0.3) is 0 Å². The molecule has 1 heterocycles. The summed E-state index contributed by atoms with van der Waals surface area (Å²) in [6, 6.07) is 16.6. The van der Waals surface area contributed by atoms with Crippen molar-refractivity contribution in [3.63, 3.8) is 0 Å². The summed E-state index contributed by atoms with van der Waals surface area (Å²) in [5.74, 6) is 2.14. The number of urea groups is 1. The van der Waals surface area contributed by atoms with Crippen molar-refractivity contribution in [2.75, 3.05) is 0 Å². The highest BCUT2D eigenvalue weighted by molar-refractivity contribution is 5.74. The molecule has 2 aromatic carbocycles. The van der Waals surface area contributed by atoms with E-state index in [-0.39, 0.29) is 12.1 Å². The number of aromatic nitrogens is 3. The standard InChI is InChI=1S/C18H19N5O2/c1-13(17-20-12-21-23-17)22-18(24)19-11-14-7-9-16(10-8-14)25-15-5-3-2-4-6-15/h2-10,12-13H,11H2,1H3,(H2,19,22,24)(H,20,21,23)/t13-/m0/s1. The molecule has 1 aromatic heterocycles. The third-order valence-corrected chi connectivity index (χ3v) is 3.55. The quantitative estimate of drug-likeness (QED) is 0.644. The number of rotatable bonds is 6. The second-order valence-electron chi connectivity index (χ2n) is 5.48. The molecule has 7 heteroatoms. The Kier molecular flexibility index (Phi) is 5.26. The first-order chi connectivity index (χ1) is 12.2. The molecule has 0 bridgehead atoms. The van der Waals surface area contributed by atoms with E-state index in [0.717, 1.165) is 17.1 Å². The molecule has 2 amide bonds. The summed E-state index contributed by atoms with van der Waals surface area (Å²) in [7, 11) is 0. The van der Waals surface area contributed by atoms with Crippen LogP contribution in [0.4, 0.5) is 4.79 Å². The van der Waals surface area contributed by atoms with E-state index in [4.69, 9.17) is 4.74 Å². The molecule has 0 unspecified atom stereocenters. The molecule has 1 atom stereocenters. The Morgan fingerprint density at radius 1 is 1.12 bits per heavy atom. The third-order valence-electron chi connectivity index (χ3n) is 3.55. The van der Waals surface area contributed by atoms with Crippen molar-refractivity contribution in [1.29, 1.82) is 0 Å². The number of benzene rings is 2. The van der Waals surface area contributed by atoms with Crippen molar-refractivity contribution < 1.29 is 9.53 Å². The monoisotopic (exact) mass is 337 g/mol. The molecule has 0 aliphatic heterocycles. The number of aromatic amines is 1. The number of H-pyrrole nitrogens is 1. The summed E-state index contributed by atoms with van der Waals surface area (Å²) in [6.45, 7) is 2.25. The Hall–Kier alpha value is -3.35. The lowest BCUT2D eigenvalue weighted by Crippen LogP contribution is -2.37. The largest absolute Gasteiger partial charge is 0.457 e. The molecule has 0 aliphatic carbocycles. The molecule has 0 aliphatic rings. The molecule has 3 aromatic rings. The topological polar surface area (TPSA) is 91.9 Å². The first-order valence-corrected chi connectivity index (χ1v) is 7.92. The highest BCUT2D eigenvalue weighted by Gasteiger charge is 2.11. The van der Waals surface area contributed by atoms with Crippen LogP contribution in [-0.4, -0.2) is 21.2 Å². The van der Waals surface area contributed by atoms with Crippen LogP contribution in [0, 0.1) is 0 Å². The molecule has 25 heavy (non-hydrogen) atoms. The van der Waals surface area contributed by atoms with E-state index in [0.29, 0.717) is 12.4 Å². The van der Waals surface area contributed by atoms with E-state index in [1.54, 1.807) is 0 Å². The van der Waals surface area contributed by atoms with Gasteiger partial charge in [-0.05, 0) is 36.8 Å². The van der Waals surface area contributed by atoms with E-state index >= 15 is 0 Å². The molecule has 0 radical (unpaired) electrons. The average molecular weight is 337 g/mol. The van der Waals surface area contributed by atoms with Crippen LogP contribution in [0.2, 0.25) is 0 Å². The Bertz CT molecular complexity index is 788. The van der Waals surface area contributed by atoms with E-state index in [1.807, 2.05) is 61.5 Å². The highest BCUT2D eigenvalue weighted by atomic mass is 16.5. The zero-order valence-electron chi connectivity index (χ0n) is 13.8. The maximum absolute atomic E-state index is 11.9. The molecular formula is C18H19N5O2. The number of hydrogen-bond donors (Lipinski definition) is 3. The SMILES string of the molecule is C[C@H](NC(=O)NCc1ccc(Oc2ccccc2)cc1)c1ncn[nH]1. The normalized spacial score (nSPS) is 11.6. The minimum absolute atomic E-state index is 0.246. The lowest BCUT2D eigenvalue weighted by Gasteiger charge is -2.12. The molecule has 7 nitrogen and oxygen atoms in total. The van der Waals surface area contributed by atoms with Crippen molar-refractivity contribution in [2.24, 2.45) is 0 Å². The second kappa shape index (κ2) is 7.96. The van der Waals surface area contributed by atoms with Gasteiger partial charge in [0.1, 0.15) is 23.7 Å². The van der Waals surface area contributed by atoms with E-state index < -0.39 is 0 Å². The number of carbonyl (C=O) groups is 1. The van der Waals surface area contributed by atoms with Gasteiger partial charge in [-0.3, -0.25) is 5.10 Å². The number of hydrogen-bond acceptors (Lipinski definition) is 4. The minimum Gasteiger partial charge on any atom is -0.457 e. The fraction of sp³-hybridized carbons (Fsp3) is 0.167. The van der Waals surface area contributed by atoms with Crippen molar-refractivity contribution in [1.82, 2.24) is 25.8 Å². The van der Waals surface area contributed by atoms with Crippen LogP contribution in [0.15, 0.2) is 60.9 Å². The lowest BCUT2D eigenvalue weighted by atomic mass is 10.2. The van der Waals surface area contributed by atoms with Crippen molar-refractivity contribution in [3.8, 4) is 11.5 Å². The van der Waals surface area contributed by atoms with Gasteiger partial charge in [-0.15, -0.1) is 0 Å². The van der Waals surface area contributed by atoms with Crippen LogP contribution in [-0.2, 0) is 6.54 Å². The van der Waals surface area contributed by atoms with Crippen LogP contribution in [0.5, 0.6) is 11.5 Å². The van der Waals surface area contributed by atoms with E-state index in [2.05, 4.69) is 25.8 Å². The van der Waals surface area contributed by atoms with Crippen molar-refractivity contribution in [2.45, 2.75) is 19.5 Å². The summed E-state index contributed by atoms with van der Waals surface area (Å²) in [6.07, 6.45) is 1.41. The van der Waals surface area contributed by atoms with Crippen LogP contribution in [0.25, 0.3) is 0 Å². The third kappa shape index (κ3) is 4.81. The fourth-order valence-electron chi connectivity index (χ4n) is 2.22. The molecule has 0 fully saturated rings. The minimum atomic E-state index is -0.270. The maximum atomic E-state index is 11.9. The van der Waals surface area contributed by atoms with Gasteiger partial charge in [-0.25, -0.2) is 9.78 Å². The van der Waals surface area contributed by atoms with Gasteiger partial charge in [-0.1, -0.05) is 30.3 Å². The number of ether oxygens (including phenoxy) is 1. The molecule has 3 rings (SSSR count). The van der Waals surface area contributed by atoms with Crippen LogP contribution in [0.1, 0.15) is 24.4 Å². The predicted molar refractivity (Wildman–Crippen MR) is 93.1 cm³/mol. The van der Waals surface area contributed by atoms with E-state index in [9.17, 15) is 4.79 Å². The van der Waals surface area contributed by atoms with Gasteiger partial charge in [-0.2, -0.15) is 5.10 Å². The first-order valence-electron chi connectivity index (χ1n) is 7.92. The fourth-order valence-corrected chi connectivity index (χ4v) is 2.22. The Morgan fingerprint density at radius 2 is 1.84 bits per heavy atom. The summed E-state index contributed by atoms with van der Waals surface area (Å²) >= 11 is 0. The van der Waals surface area contributed by atoms with Crippen molar-refractivity contribution >= 4 is 6.03 Å². The van der Waals surface area contributed by atoms with Crippen molar-refractivity contribution in [3.05, 3.63) is 72.3 Å². The van der Waals surface area contributed by atoms with Gasteiger partial charge in [0.05, 0.1) is 6.04 Å². The molecule has 3 N–H and O–H groups in total. The van der Waals surface area contributed by atoms with E-state index in [1.165, 1.54) is 6.33 Å². The Morgan fingerprint density at radius 3 is 2.52 bits per heavy atom.